The summed E-state index contributed by atoms with van der Waals surface area (Å²) in [6.45, 7) is 1.19. The first-order chi connectivity index (χ1) is 8.50. The van der Waals surface area contributed by atoms with E-state index in [9.17, 15) is 18.8 Å². The van der Waals surface area contributed by atoms with Gasteiger partial charge >= 0.3 is 0 Å². The fourth-order valence-electron chi connectivity index (χ4n) is 1.66. The highest BCUT2D eigenvalue weighted by Crippen LogP contribution is 2.12. The van der Waals surface area contributed by atoms with E-state index in [4.69, 9.17) is 0 Å². The molecule has 2 rings (SSSR count). The van der Waals surface area contributed by atoms with Crippen LogP contribution in [0.2, 0.25) is 0 Å². The van der Waals surface area contributed by atoms with Crippen molar-refractivity contribution >= 4 is 17.7 Å². The Morgan fingerprint density at radius 3 is 2.94 bits per heavy atom. The minimum absolute atomic E-state index is 0.258. The van der Waals surface area contributed by atoms with Gasteiger partial charge in [0, 0.05) is 6.20 Å². The number of amides is 3. The third-order valence-electron chi connectivity index (χ3n) is 2.67. The molecule has 1 aliphatic heterocycles. The first kappa shape index (κ1) is 12.2. The first-order valence-electron chi connectivity index (χ1n) is 5.26. The summed E-state index contributed by atoms with van der Waals surface area (Å²) in [4.78, 5) is 39.0. The molecule has 18 heavy (non-hydrogen) atoms. The molecule has 1 saturated heterocycles. The van der Waals surface area contributed by atoms with Gasteiger partial charge in [-0.2, -0.15) is 4.39 Å². The van der Waals surface area contributed by atoms with Gasteiger partial charge in [-0.05, 0) is 19.1 Å². The number of aromatic nitrogens is 1. The number of hydrogen-bond donors (Lipinski definition) is 1. The second-order valence-electron chi connectivity index (χ2n) is 3.86. The van der Waals surface area contributed by atoms with E-state index < -0.39 is 29.7 Å². The van der Waals surface area contributed by atoms with Gasteiger partial charge in [0.15, 0.2) is 0 Å². The fourth-order valence-corrected chi connectivity index (χ4v) is 1.66. The van der Waals surface area contributed by atoms with Crippen molar-refractivity contribution in [2.75, 3.05) is 6.54 Å². The normalized spacial score (nSPS) is 19.7. The lowest BCUT2D eigenvalue weighted by molar-refractivity contribution is -0.138. The third kappa shape index (κ3) is 2.06. The van der Waals surface area contributed by atoms with Gasteiger partial charge in [0.05, 0.1) is 5.56 Å². The van der Waals surface area contributed by atoms with Crippen molar-refractivity contribution in [3.8, 4) is 0 Å². The molecule has 1 atom stereocenters. The first-order valence-corrected chi connectivity index (χ1v) is 5.26. The highest BCUT2D eigenvalue weighted by atomic mass is 19.1. The second kappa shape index (κ2) is 4.52. The number of halogens is 1. The molecule has 7 heteroatoms. The average molecular weight is 251 g/mol. The Morgan fingerprint density at radius 2 is 2.28 bits per heavy atom. The van der Waals surface area contributed by atoms with E-state index in [-0.39, 0.29) is 12.1 Å². The molecule has 1 unspecified atom stereocenters. The number of piperazine rings is 1. The van der Waals surface area contributed by atoms with Crippen LogP contribution < -0.4 is 5.32 Å². The van der Waals surface area contributed by atoms with Crippen LogP contribution in [0.25, 0.3) is 0 Å². The van der Waals surface area contributed by atoms with Crippen LogP contribution in [-0.2, 0) is 9.59 Å². The minimum Gasteiger partial charge on any atom is -0.317 e. The van der Waals surface area contributed by atoms with E-state index in [2.05, 4.69) is 10.3 Å². The number of hydrogen-bond acceptors (Lipinski definition) is 4. The summed E-state index contributed by atoms with van der Waals surface area (Å²) in [6, 6.07) is 1.84. The summed E-state index contributed by atoms with van der Waals surface area (Å²) in [7, 11) is 0. The Bertz CT molecular complexity index is 532. The Kier molecular flexibility index (Phi) is 3.05. The molecule has 1 fully saturated rings. The van der Waals surface area contributed by atoms with E-state index in [0.29, 0.717) is 0 Å². The highest BCUT2D eigenvalue weighted by Gasteiger charge is 2.34. The lowest BCUT2D eigenvalue weighted by Crippen LogP contribution is -2.58. The smallest absolute Gasteiger partial charge is 0.259 e. The van der Waals surface area contributed by atoms with E-state index in [1.54, 1.807) is 0 Å². The summed E-state index contributed by atoms with van der Waals surface area (Å²) >= 11 is 0. The zero-order valence-electron chi connectivity index (χ0n) is 9.51. The van der Waals surface area contributed by atoms with Gasteiger partial charge in [-0.3, -0.25) is 19.7 Å². The molecular formula is C11H10FN3O3. The molecule has 1 aliphatic rings. The van der Waals surface area contributed by atoms with Crippen molar-refractivity contribution in [1.29, 1.82) is 0 Å². The maximum Gasteiger partial charge on any atom is 0.259 e. The molecule has 3 amide bonds. The van der Waals surface area contributed by atoms with Crippen LogP contribution in [0.3, 0.4) is 0 Å². The quantitative estimate of drug-likeness (QED) is 0.549. The van der Waals surface area contributed by atoms with Crippen LogP contribution in [0.5, 0.6) is 0 Å². The maximum atomic E-state index is 13.4. The second-order valence-corrected chi connectivity index (χ2v) is 3.86. The van der Waals surface area contributed by atoms with Gasteiger partial charge in [0.25, 0.3) is 5.91 Å². The minimum atomic E-state index is -0.923. The van der Waals surface area contributed by atoms with Crippen molar-refractivity contribution in [2.24, 2.45) is 0 Å². The summed E-state index contributed by atoms with van der Waals surface area (Å²) in [5.41, 5.74) is -0.258. The number of imide groups is 1. The predicted octanol–water partition coefficient (Wildman–Crippen LogP) is -0.292. The lowest BCUT2D eigenvalue weighted by Gasteiger charge is -2.31. The zero-order chi connectivity index (χ0) is 13.3. The predicted molar refractivity (Wildman–Crippen MR) is 57.8 cm³/mol. The van der Waals surface area contributed by atoms with Crippen molar-refractivity contribution in [1.82, 2.24) is 15.2 Å². The van der Waals surface area contributed by atoms with Crippen LogP contribution in [0.15, 0.2) is 18.3 Å². The van der Waals surface area contributed by atoms with E-state index in [1.165, 1.54) is 25.3 Å². The Balaban J connectivity index is 2.31. The van der Waals surface area contributed by atoms with Crippen LogP contribution in [0, 0.1) is 5.95 Å². The number of rotatable bonds is 1. The summed E-state index contributed by atoms with van der Waals surface area (Å²) in [5, 5.41) is 2.10. The Labute approximate surface area is 102 Å². The van der Waals surface area contributed by atoms with Gasteiger partial charge in [0.1, 0.15) is 12.6 Å². The molecule has 0 spiro atoms. The van der Waals surface area contributed by atoms with E-state index in [1.807, 2.05) is 0 Å². The number of nitrogens with zero attached hydrogens (tertiary/aromatic N) is 2. The summed E-state index contributed by atoms with van der Waals surface area (Å²) < 4.78 is 13.4. The molecule has 1 aromatic rings. The lowest BCUT2D eigenvalue weighted by atomic mass is 10.1. The standard InChI is InChI=1S/C11H10FN3O3/c1-6-10(17)14-8(16)5-15(6)11(18)7-3-2-4-13-9(7)12/h2-4,6H,5H2,1H3,(H,14,16,17). The number of nitrogens with one attached hydrogen (secondary N) is 1. The SMILES string of the molecule is CC1C(=O)NC(=O)CN1C(=O)c1cccnc1F. The third-order valence-corrected chi connectivity index (χ3v) is 2.67. The van der Waals surface area contributed by atoms with Gasteiger partial charge < -0.3 is 4.90 Å². The molecule has 1 aromatic heterocycles. The summed E-state index contributed by atoms with van der Waals surface area (Å²) in [5.74, 6) is -2.82. The van der Waals surface area contributed by atoms with E-state index >= 15 is 0 Å². The van der Waals surface area contributed by atoms with Crippen molar-refractivity contribution in [3.63, 3.8) is 0 Å². The van der Waals surface area contributed by atoms with E-state index in [0.717, 1.165) is 4.90 Å². The maximum absolute atomic E-state index is 13.4. The molecule has 0 saturated carbocycles. The molecule has 0 radical (unpaired) electrons. The highest BCUT2D eigenvalue weighted by molar-refractivity contribution is 6.07. The fraction of sp³-hybridized carbons (Fsp3) is 0.273. The van der Waals surface area contributed by atoms with Gasteiger partial charge in [0.2, 0.25) is 17.8 Å². The van der Waals surface area contributed by atoms with Crippen molar-refractivity contribution in [2.45, 2.75) is 13.0 Å². The van der Waals surface area contributed by atoms with Crippen molar-refractivity contribution in [3.05, 3.63) is 29.8 Å². The van der Waals surface area contributed by atoms with Gasteiger partial charge in [-0.1, -0.05) is 0 Å². The molecule has 0 bridgehead atoms. The van der Waals surface area contributed by atoms with Crippen LogP contribution in [0.4, 0.5) is 4.39 Å². The van der Waals surface area contributed by atoms with Crippen LogP contribution >= 0.6 is 0 Å². The zero-order valence-corrected chi connectivity index (χ0v) is 9.51. The Morgan fingerprint density at radius 1 is 1.56 bits per heavy atom. The Hall–Kier alpha value is -2.31. The topological polar surface area (TPSA) is 79.4 Å². The molecule has 0 aromatic carbocycles. The van der Waals surface area contributed by atoms with Crippen LogP contribution in [0.1, 0.15) is 17.3 Å². The van der Waals surface area contributed by atoms with Crippen LogP contribution in [-0.4, -0.2) is 40.2 Å². The molecule has 1 N–H and O–H groups in total. The largest absolute Gasteiger partial charge is 0.317 e. The number of carbonyl (C=O) groups excluding carboxylic acids is 3. The monoisotopic (exact) mass is 251 g/mol. The molecular weight excluding hydrogens is 241 g/mol. The number of carbonyl (C=O) groups is 3. The molecule has 94 valence electrons. The molecule has 6 nitrogen and oxygen atoms in total. The molecule has 0 aliphatic carbocycles. The average Bonchev–Trinajstić information content (AvgIpc) is 2.33. The van der Waals surface area contributed by atoms with Crippen molar-refractivity contribution < 1.29 is 18.8 Å². The van der Waals surface area contributed by atoms with Gasteiger partial charge in [-0.25, -0.2) is 4.98 Å². The summed E-state index contributed by atoms with van der Waals surface area (Å²) in [6.07, 6.45) is 1.21. The number of pyridine rings is 1. The van der Waals surface area contributed by atoms with Gasteiger partial charge in [-0.15, -0.1) is 0 Å². The molecule has 2 heterocycles.